The Hall–Kier alpha value is -0.410. The molecule has 1 aromatic heterocycles. The fourth-order valence-corrected chi connectivity index (χ4v) is 2.34. The van der Waals surface area contributed by atoms with Crippen molar-refractivity contribution in [2.45, 2.75) is 25.3 Å². The summed E-state index contributed by atoms with van der Waals surface area (Å²) < 4.78 is 4.37. The number of aromatic nitrogens is 1. The molecule has 1 unspecified atom stereocenters. The maximum absolute atomic E-state index is 4.37. The van der Waals surface area contributed by atoms with Crippen LogP contribution in [0.5, 0.6) is 0 Å². The predicted molar refractivity (Wildman–Crippen MR) is 51.3 cm³/mol. The van der Waals surface area contributed by atoms with Crippen molar-refractivity contribution in [3.8, 4) is 0 Å². The lowest BCUT2D eigenvalue weighted by Gasteiger charge is -2.32. The van der Waals surface area contributed by atoms with Crippen LogP contribution in [-0.2, 0) is 0 Å². The van der Waals surface area contributed by atoms with Crippen LogP contribution in [0, 0.1) is 5.92 Å². The Morgan fingerprint density at radius 3 is 2.92 bits per heavy atom. The first-order chi connectivity index (χ1) is 5.92. The molecule has 0 aliphatic heterocycles. The topological polar surface area (TPSA) is 24.9 Å². The fraction of sp³-hybridized carbons (Fsp3) is 0.667. The summed E-state index contributed by atoms with van der Waals surface area (Å²) in [5.74, 6) is 0.831. The Labute approximate surface area is 77.2 Å². The molecule has 0 aromatic carbocycles. The number of nitrogens with zero attached hydrogens (tertiary/aromatic N) is 1. The summed E-state index contributed by atoms with van der Waals surface area (Å²) in [6, 6.07) is 2.63. The van der Waals surface area contributed by atoms with Gasteiger partial charge >= 0.3 is 0 Å². The lowest BCUT2D eigenvalue weighted by molar-refractivity contribution is 0.237. The van der Waals surface area contributed by atoms with Crippen molar-refractivity contribution in [2.24, 2.45) is 5.92 Å². The normalized spacial score (nSPS) is 20.4. The van der Waals surface area contributed by atoms with Crippen LogP contribution in [0.4, 0.5) is 0 Å². The molecule has 2 rings (SSSR count). The second-order valence-electron chi connectivity index (χ2n) is 3.38. The first-order valence-corrected chi connectivity index (χ1v) is 5.33. The summed E-state index contributed by atoms with van der Waals surface area (Å²) in [5.41, 5.74) is 1.23. The van der Waals surface area contributed by atoms with Gasteiger partial charge in [0.05, 0.1) is 11.7 Å². The molecule has 12 heavy (non-hydrogen) atoms. The number of hydrogen-bond donors (Lipinski definition) is 1. The van der Waals surface area contributed by atoms with E-state index in [4.69, 9.17) is 0 Å². The van der Waals surface area contributed by atoms with Crippen LogP contribution >= 0.6 is 11.5 Å². The third kappa shape index (κ3) is 1.39. The summed E-state index contributed by atoms with van der Waals surface area (Å²) in [5, 5.41) is 5.40. The maximum Gasteiger partial charge on any atom is 0.0714 e. The molecule has 0 radical (unpaired) electrons. The minimum absolute atomic E-state index is 0.505. The Bertz CT molecular complexity index is 229. The molecule has 0 saturated heterocycles. The van der Waals surface area contributed by atoms with Gasteiger partial charge in [-0.2, -0.15) is 4.37 Å². The van der Waals surface area contributed by atoms with Crippen LogP contribution in [0.15, 0.2) is 11.4 Å². The van der Waals surface area contributed by atoms with E-state index in [9.17, 15) is 0 Å². The molecule has 0 bridgehead atoms. The van der Waals surface area contributed by atoms with Gasteiger partial charge in [0.25, 0.3) is 0 Å². The van der Waals surface area contributed by atoms with Crippen molar-refractivity contribution < 1.29 is 0 Å². The van der Waals surface area contributed by atoms with Gasteiger partial charge in [0, 0.05) is 5.38 Å². The van der Waals surface area contributed by atoms with Crippen LogP contribution < -0.4 is 5.32 Å². The molecule has 0 spiro atoms. The van der Waals surface area contributed by atoms with Crippen molar-refractivity contribution in [1.82, 2.24) is 9.69 Å². The molecular weight excluding hydrogens is 168 g/mol. The number of nitrogens with one attached hydrogen (secondary N) is 1. The second-order valence-corrected chi connectivity index (χ2v) is 4.05. The molecule has 0 amide bonds. The number of hydrogen-bond acceptors (Lipinski definition) is 3. The van der Waals surface area contributed by atoms with Crippen molar-refractivity contribution in [3.63, 3.8) is 0 Å². The van der Waals surface area contributed by atoms with Crippen molar-refractivity contribution in [1.29, 1.82) is 0 Å². The zero-order chi connectivity index (χ0) is 8.39. The minimum atomic E-state index is 0.505. The monoisotopic (exact) mass is 182 g/mol. The van der Waals surface area contributed by atoms with E-state index >= 15 is 0 Å². The maximum atomic E-state index is 4.37. The van der Waals surface area contributed by atoms with Gasteiger partial charge in [-0.1, -0.05) is 6.42 Å². The summed E-state index contributed by atoms with van der Waals surface area (Å²) in [6.07, 6.45) is 4.12. The third-order valence-electron chi connectivity index (χ3n) is 2.71. The van der Waals surface area contributed by atoms with Crippen LogP contribution in [0.1, 0.15) is 31.0 Å². The molecule has 1 aliphatic carbocycles. The third-order valence-corrected chi connectivity index (χ3v) is 3.28. The van der Waals surface area contributed by atoms with Gasteiger partial charge in [0.1, 0.15) is 0 Å². The van der Waals surface area contributed by atoms with Crippen LogP contribution in [0.2, 0.25) is 0 Å². The van der Waals surface area contributed by atoms with E-state index in [1.807, 2.05) is 7.05 Å². The minimum Gasteiger partial charge on any atom is -0.311 e. The van der Waals surface area contributed by atoms with E-state index in [1.54, 1.807) is 11.5 Å². The van der Waals surface area contributed by atoms with Crippen LogP contribution in [-0.4, -0.2) is 11.4 Å². The average molecular weight is 182 g/mol. The van der Waals surface area contributed by atoms with E-state index in [2.05, 4.69) is 21.1 Å². The predicted octanol–water partition coefficient (Wildman–Crippen LogP) is 2.20. The quantitative estimate of drug-likeness (QED) is 0.775. The zero-order valence-corrected chi connectivity index (χ0v) is 8.10. The molecule has 1 heterocycles. The molecule has 1 N–H and O–H groups in total. The van der Waals surface area contributed by atoms with E-state index in [0.29, 0.717) is 6.04 Å². The summed E-state index contributed by atoms with van der Waals surface area (Å²) >= 11 is 1.55. The van der Waals surface area contributed by atoms with E-state index in [0.717, 1.165) is 5.92 Å². The van der Waals surface area contributed by atoms with Gasteiger partial charge in [0.2, 0.25) is 0 Å². The highest BCUT2D eigenvalue weighted by Gasteiger charge is 2.28. The first kappa shape index (κ1) is 8.20. The second kappa shape index (κ2) is 3.54. The highest BCUT2D eigenvalue weighted by Crippen LogP contribution is 2.36. The fourth-order valence-electron chi connectivity index (χ4n) is 1.78. The van der Waals surface area contributed by atoms with E-state index < -0.39 is 0 Å². The smallest absolute Gasteiger partial charge is 0.0714 e. The Kier molecular flexibility index (Phi) is 2.42. The molecule has 2 nitrogen and oxygen atoms in total. The first-order valence-electron chi connectivity index (χ1n) is 4.49. The summed E-state index contributed by atoms with van der Waals surface area (Å²) in [4.78, 5) is 0. The molecule has 1 aromatic rings. The van der Waals surface area contributed by atoms with Crippen LogP contribution in [0.3, 0.4) is 0 Å². The van der Waals surface area contributed by atoms with Gasteiger partial charge in [0.15, 0.2) is 0 Å². The molecular formula is C9H14N2S. The van der Waals surface area contributed by atoms with Gasteiger partial charge in [-0.15, -0.1) is 0 Å². The average Bonchev–Trinajstić information content (AvgIpc) is 2.47. The van der Waals surface area contributed by atoms with Crippen molar-refractivity contribution in [3.05, 3.63) is 17.1 Å². The molecule has 1 atom stereocenters. The standard InChI is InChI=1S/C9H14N2S/c1-10-9(7-3-2-4-7)8-5-6-12-11-8/h5-7,9-10H,2-4H2,1H3. The Morgan fingerprint density at radius 2 is 2.50 bits per heavy atom. The van der Waals surface area contributed by atoms with Gasteiger partial charge < -0.3 is 5.32 Å². The molecule has 66 valence electrons. The zero-order valence-electron chi connectivity index (χ0n) is 7.29. The van der Waals surface area contributed by atoms with E-state index in [1.165, 1.54) is 25.0 Å². The lowest BCUT2D eigenvalue weighted by Crippen LogP contribution is -2.29. The SMILES string of the molecule is CNC(c1ccsn1)C1CCC1. The van der Waals surface area contributed by atoms with Gasteiger partial charge in [-0.25, -0.2) is 0 Å². The van der Waals surface area contributed by atoms with Gasteiger partial charge in [-0.3, -0.25) is 0 Å². The van der Waals surface area contributed by atoms with Crippen molar-refractivity contribution in [2.75, 3.05) is 7.05 Å². The van der Waals surface area contributed by atoms with E-state index in [-0.39, 0.29) is 0 Å². The van der Waals surface area contributed by atoms with Gasteiger partial charge in [-0.05, 0) is 43.4 Å². The summed E-state index contributed by atoms with van der Waals surface area (Å²) in [7, 11) is 2.03. The summed E-state index contributed by atoms with van der Waals surface area (Å²) in [6.45, 7) is 0. The molecule has 1 aliphatic rings. The largest absolute Gasteiger partial charge is 0.311 e. The Balaban J connectivity index is 2.07. The highest BCUT2D eigenvalue weighted by molar-refractivity contribution is 7.03. The van der Waals surface area contributed by atoms with Crippen molar-refractivity contribution >= 4 is 11.5 Å². The van der Waals surface area contributed by atoms with Crippen LogP contribution in [0.25, 0.3) is 0 Å². The molecule has 1 fully saturated rings. The molecule has 1 saturated carbocycles. The molecule has 3 heteroatoms. The Morgan fingerprint density at radius 1 is 1.67 bits per heavy atom. The number of rotatable bonds is 3. The lowest BCUT2D eigenvalue weighted by atomic mass is 9.78. The highest BCUT2D eigenvalue weighted by atomic mass is 32.1.